The summed E-state index contributed by atoms with van der Waals surface area (Å²) in [7, 11) is 2.00. The molecule has 0 radical (unpaired) electrons. The summed E-state index contributed by atoms with van der Waals surface area (Å²) in [4.78, 5) is 12.7. The third kappa shape index (κ3) is 2.20. The second-order valence-electron chi connectivity index (χ2n) is 4.11. The third-order valence-electron chi connectivity index (χ3n) is 2.99. The molecule has 0 bridgehead atoms. The molecule has 5 nitrogen and oxygen atoms in total. The summed E-state index contributed by atoms with van der Waals surface area (Å²) in [5.74, 6) is 0. The fourth-order valence-corrected chi connectivity index (χ4v) is 1.81. The highest BCUT2D eigenvalue weighted by Crippen LogP contribution is 2.20. The number of nitrogens with one attached hydrogen (secondary N) is 1. The van der Waals surface area contributed by atoms with Gasteiger partial charge < -0.3 is 5.32 Å². The molecule has 0 aromatic heterocycles. The first kappa shape index (κ1) is 11.0. The van der Waals surface area contributed by atoms with E-state index in [2.05, 4.69) is 10.2 Å². The van der Waals surface area contributed by atoms with Gasteiger partial charge in [-0.1, -0.05) is 18.2 Å². The summed E-state index contributed by atoms with van der Waals surface area (Å²) in [6.45, 7) is 2.57. The molecule has 0 unspecified atom stereocenters. The molecule has 0 amide bonds. The summed E-state index contributed by atoms with van der Waals surface area (Å²) in [6, 6.07) is 7.42. The van der Waals surface area contributed by atoms with Gasteiger partial charge in [0.05, 0.1) is 4.92 Å². The number of nitro benzene ring substituents is 1. The molecule has 0 aliphatic carbocycles. The molecule has 5 heteroatoms. The average molecular weight is 221 g/mol. The van der Waals surface area contributed by atoms with Crippen LogP contribution in [-0.4, -0.2) is 36.0 Å². The van der Waals surface area contributed by atoms with E-state index >= 15 is 0 Å². The minimum Gasteiger partial charge on any atom is -0.314 e. The smallest absolute Gasteiger partial charge is 0.273 e. The molecule has 2 rings (SSSR count). The Morgan fingerprint density at radius 3 is 2.75 bits per heavy atom. The van der Waals surface area contributed by atoms with Crippen LogP contribution in [0.5, 0.6) is 0 Å². The van der Waals surface area contributed by atoms with Crippen LogP contribution >= 0.6 is 0 Å². The Labute approximate surface area is 94.2 Å². The zero-order chi connectivity index (χ0) is 11.5. The van der Waals surface area contributed by atoms with Crippen LogP contribution in [0.25, 0.3) is 0 Å². The number of rotatable bonds is 4. The molecule has 1 fully saturated rings. The van der Waals surface area contributed by atoms with Crippen LogP contribution in [0.1, 0.15) is 5.56 Å². The quantitative estimate of drug-likeness (QED) is 0.608. The van der Waals surface area contributed by atoms with Crippen LogP contribution in [0.15, 0.2) is 24.3 Å². The van der Waals surface area contributed by atoms with E-state index in [-0.39, 0.29) is 10.6 Å². The molecule has 1 aliphatic rings. The first-order valence-corrected chi connectivity index (χ1v) is 5.31. The van der Waals surface area contributed by atoms with Gasteiger partial charge in [0.25, 0.3) is 5.69 Å². The predicted octanol–water partition coefficient (Wildman–Crippen LogP) is 0.998. The normalized spacial score (nSPS) is 16.1. The van der Waals surface area contributed by atoms with Crippen molar-refractivity contribution in [3.63, 3.8) is 0 Å². The number of nitrogens with zero attached hydrogens (tertiary/aromatic N) is 2. The SMILES string of the molecule is CN(Cc1ccccc1[N+](=O)[O-])C1CNC1. The molecular formula is C11H15N3O2. The fraction of sp³-hybridized carbons (Fsp3) is 0.455. The molecule has 1 heterocycles. The zero-order valence-corrected chi connectivity index (χ0v) is 9.22. The number of para-hydroxylation sites is 1. The maximum Gasteiger partial charge on any atom is 0.273 e. The van der Waals surface area contributed by atoms with Crippen molar-refractivity contribution >= 4 is 5.69 Å². The van der Waals surface area contributed by atoms with Crippen LogP contribution in [0, 0.1) is 10.1 Å². The first-order chi connectivity index (χ1) is 7.68. The Balaban J connectivity index is 2.10. The highest BCUT2D eigenvalue weighted by molar-refractivity contribution is 5.39. The van der Waals surface area contributed by atoms with E-state index in [0.29, 0.717) is 12.6 Å². The van der Waals surface area contributed by atoms with E-state index < -0.39 is 0 Å². The van der Waals surface area contributed by atoms with E-state index in [1.807, 2.05) is 19.2 Å². The number of nitro groups is 1. The van der Waals surface area contributed by atoms with Crippen LogP contribution in [0.2, 0.25) is 0 Å². The van der Waals surface area contributed by atoms with E-state index in [0.717, 1.165) is 18.7 Å². The van der Waals surface area contributed by atoms with Gasteiger partial charge in [0, 0.05) is 37.3 Å². The second-order valence-corrected chi connectivity index (χ2v) is 4.11. The molecule has 1 N–H and O–H groups in total. The summed E-state index contributed by atoms with van der Waals surface area (Å²) in [6.07, 6.45) is 0. The van der Waals surface area contributed by atoms with Crippen molar-refractivity contribution in [3.8, 4) is 0 Å². The van der Waals surface area contributed by atoms with Crippen molar-refractivity contribution in [2.45, 2.75) is 12.6 Å². The molecule has 0 saturated carbocycles. The van der Waals surface area contributed by atoms with Crippen molar-refractivity contribution < 1.29 is 4.92 Å². The van der Waals surface area contributed by atoms with Crippen molar-refractivity contribution in [2.24, 2.45) is 0 Å². The van der Waals surface area contributed by atoms with Gasteiger partial charge in [-0.05, 0) is 7.05 Å². The monoisotopic (exact) mass is 221 g/mol. The van der Waals surface area contributed by atoms with Gasteiger partial charge in [0.2, 0.25) is 0 Å². The third-order valence-corrected chi connectivity index (χ3v) is 2.99. The summed E-state index contributed by atoms with van der Waals surface area (Å²) >= 11 is 0. The minimum absolute atomic E-state index is 0.210. The Kier molecular flexibility index (Phi) is 3.17. The van der Waals surface area contributed by atoms with Gasteiger partial charge >= 0.3 is 0 Å². The largest absolute Gasteiger partial charge is 0.314 e. The Hall–Kier alpha value is -1.46. The minimum atomic E-state index is -0.317. The van der Waals surface area contributed by atoms with Gasteiger partial charge in [-0.25, -0.2) is 0 Å². The molecule has 1 saturated heterocycles. The average Bonchev–Trinajstić information content (AvgIpc) is 2.15. The van der Waals surface area contributed by atoms with Gasteiger partial charge in [0.15, 0.2) is 0 Å². The first-order valence-electron chi connectivity index (χ1n) is 5.31. The van der Waals surface area contributed by atoms with E-state index in [1.165, 1.54) is 0 Å². The molecule has 0 spiro atoms. The maximum absolute atomic E-state index is 10.8. The molecule has 1 aliphatic heterocycles. The maximum atomic E-state index is 10.8. The van der Waals surface area contributed by atoms with Crippen molar-refractivity contribution in [1.82, 2.24) is 10.2 Å². The molecular weight excluding hydrogens is 206 g/mol. The highest BCUT2D eigenvalue weighted by Gasteiger charge is 2.23. The molecule has 1 aromatic carbocycles. The fourth-order valence-electron chi connectivity index (χ4n) is 1.81. The predicted molar refractivity (Wildman–Crippen MR) is 61.2 cm³/mol. The van der Waals surface area contributed by atoms with Crippen LogP contribution in [0.3, 0.4) is 0 Å². The van der Waals surface area contributed by atoms with Gasteiger partial charge in [-0.2, -0.15) is 0 Å². The van der Waals surface area contributed by atoms with Crippen molar-refractivity contribution in [2.75, 3.05) is 20.1 Å². The standard InChI is InChI=1S/C11H15N3O2/c1-13(10-6-12-7-10)8-9-4-2-3-5-11(9)14(15)16/h2-5,10,12H,6-8H2,1H3. The van der Waals surface area contributed by atoms with Crippen LogP contribution in [-0.2, 0) is 6.54 Å². The van der Waals surface area contributed by atoms with Gasteiger partial charge in [-0.15, -0.1) is 0 Å². The lowest BCUT2D eigenvalue weighted by Gasteiger charge is -2.35. The van der Waals surface area contributed by atoms with E-state index in [9.17, 15) is 10.1 Å². The second kappa shape index (κ2) is 4.59. The van der Waals surface area contributed by atoms with E-state index in [1.54, 1.807) is 12.1 Å². The van der Waals surface area contributed by atoms with Crippen molar-refractivity contribution in [1.29, 1.82) is 0 Å². The Bertz CT molecular complexity index is 391. The molecule has 86 valence electrons. The number of hydrogen-bond acceptors (Lipinski definition) is 4. The molecule has 16 heavy (non-hydrogen) atoms. The Morgan fingerprint density at radius 1 is 1.50 bits per heavy atom. The number of benzene rings is 1. The Morgan fingerprint density at radius 2 is 2.19 bits per heavy atom. The number of hydrogen-bond donors (Lipinski definition) is 1. The van der Waals surface area contributed by atoms with E-state index in [4.69, 9.17) is 0 Å². The lowest BCUT2D eigenvalue weighted by molar-refractivity contribution is -0.385. The highest BCUT2D eigenvalue weighted by atomic mass is 16.6. The van der Waals surface area contributed by atoms with Gasteiger partial charge in [-0.3, -0.25) is 15.0 Å². The van der Waals surface area contributed by atoms with Crippen molar-refractivity contribution in [3.05, 3.63) is 39.9 Å². The zero-order valence-electron chi connectivity index (χ0n) is 9.22. The van der Waals surface area contributed by atoms with Crippen LogP contribution in [0.4, 0.5) is 5.69 Å². The number of likely N-dealkylation sites (N-methyl/N-ethyl adjacent to an activating group) is 1. The van der Waals surface area contributed by atoms with Crippen LogP contribution < -0.4 is 5.32 Å². The summed E-state index contributed by atoms with van der Waals surface area (Å²) in [5.41, 5.74) is 0.989. The summed E-state index contributed by atoms with van der Waals surface area (Å²) < 4.78 is 0. The topological polar surface area (TPSA) is 58.4 Å². The molecule has 0 atom stereocenters. The summed E-state index contributed by atoms with van der Waals surface area (Å²) in [5, 5.41) is 14.0. The lowest BCUT2D eigenvalue weighted by Crippen LogP contribution is -2.55. The lowest BCUT2D eigenvalue weighted by atomic mass is 10.1. The molecule has 1 aromatic rings. The van der Waals surface area contributed by atoms with Gasteiger partial charge in [0.1, 0.15) is 0 Å².